The Bertz CT molecular complexity index is 400. The molecule has 1 aliphatic rings. The smallest absolute Gasteiger partial charge is 0.123 e. The third-order valence-electron chi connectivity index (χ3n) is 4.04. The second kappa shape index (κ2) is 6.92. The summed E-state index contributed by atoms with van der Waals surface area (Å²) in [5, 5.41) is 3.44. The first-order valence-electron chi connectivity index (χ1n) is 7.33. The van der Waals surface area contributed by atoms with E-state index in [1.54, 1.807) is 7.11 Å². The van der Waals surface area contributed by atoms with Gasteiger partial charge in [-0.3, -0.25) is 4.90 Å². The lowest BCUT2D eigenvalue weighted by Crippen LogP contribution is -2.42. The summed E-state index contributed by atoms with van der Waals surface area (Å²) in [7, 11) is 1.76. The van der Waals surface area contributed by atoms with E-state index in [2.05, 4.69) is 42.3 Å². The molecule has 1 aromatic carbocycles. The molecule has 2 rings (SSSR count). The zero-order valence-electron chi connectivity index (χ0n) is 12.4. The zero-order chi connectivity index (χ0) is 13.7. The van der Waals surface area contributed by atoms with Crippen LogP contribution in [0.2, 0.25) is 0 Å². The number of nitrogens with one attached hydrogen (secondary N) is 1. The summed E-state index contributed by atoms with van der Waals surface area (Å²) in [4.78, 5) is 2.58. The van der Waals surface area contributed by atoms with Crippen LogP contribution in [0.15, 0.2) is 18.2 Å². The van der Waals surface area contributed by atoms with Gasteiger partial charge in [0.2, 0.25) is 0 Å². The molecule has 1 aliphatic heterocycles. The Hall–Kier alpha value is -1.06. The summed E-state index contributed by atoms with van der Waals surface area (Å²) >= 11 is 0. The number of hydrogen-bond acceptors (Lipinski definition) is 3. The molecule has 0 spiro atoms. The largest absolute Gasteiger partial charge is 0.496 e. The summed E-state index contributed by atoms with van der Waals surface area (Å²) in [5.74, 6) is 1.01. The van der Waals surface area contributed by atoms with E-state index in [0.717, 1.165) is 31.9 Å². The van der Waals surface area contributed by atoms with Crippen LogP contribution in [-0.2, 0) is 6.54 Å². The number of piperidine rings is 1. The molecule has 1 saturated heterocycles. The summed E-state index contributed by atoms with van der Waals surface area (Å²) in [5.41, 5.74) is 2.61. The molecule has 3 nitrogen and oxygen atoms in total. The van der Waals surface area contributed by atoms with Crippen molar-refractivity contribution in [2.45, 2.75) is 39.3 Å². The Kier molecular flexibility index (Phi) is 5.23. The minimum absolute atomic E-state index is 0.705. The monoisotopic (exact) mass is 262 g/mol. The third kappa shape index (κ3) is 3.71. The molecule has 1 N–H and O–H groups in total. The van der Waals surface area contributed by atoms with Gasteiger partial charge in [0.05, 0.1) is 7.11 Å². The number of nitrogens with zero attached hydrogens (tertiary/aromatic N) is 1. The quantitative estimate of drug-likeness (QED) is 0.882. The van der Waals surface area contributed by atoms with E-state index in [-0.39, 0.29) is 0 Å². The first kappa shape index (κ1) is 14.4. The minimum Gasteiger partial charge on any atom is -0.496 e. The summed E-state index contributed by atoms with van der Waals surface area (Å²) in [6.07, 6.45) is 2.50. The van der Waals surface area contributed by atoms with Crippen molar-refractivity contribution in [3.8, 4) is 5.75 Å². The Balaban J connectivity index is 2.10. The average molecular weight is 262 g/mol. The van der Waals surface area contributed by atoms with E-state index in [4.69, 9.17) is 4.74 Å². The topological polar surface area (TPSA) is 24.5 Å². The Morgan fingerprint density at radius 1 is 1.32 bits per heavy atom. The van der Waals surface area contributed by atoms with Gasteiger partial charge < -0.3 is 10.1 Å². The standard InChI is InChI=1S/C16H26N2O/c1-4-18(15-7-9-17-10-8-15)12-14-11-13(2)5-6-16(14)19-3/h5-6,11,15,17H,4,7-10,12H2,1-3H3. The van der Waals surface area contributed by atoms with Gasteiger partial charge in [-0.2, -0.15) is 0 Å². The number of rotatable bonds is 5. The molecule has 0 atom stereocenters. The van der Waals surface area contributed by atoms with Gasteiger partial charge in [-0.25, -0.2) is 0 Å². The van der Waals surface area contributed by atoms with Crippen LogP contribution in [0.25, 0.3) is 0 Å². The van der Waals surface area contributed by atoms with Gasteiger partial charge in [-0.1, -0.05) is 24.6 Å². The molecule has 1 fully saturated rings. The minimum atomic E-state index is 0.705. The maximum Gasteiger partial charge on any atom is 0.123 e. The molecular weight excluding hydrogens is 236 g/mol. The number of hydrogen-bond donors (Lipinski definition) is 1. The number of methoxy groups -OCH3 is 1. The van der Waals surface area contributed by atoms with Crippen LogP contribution in [0.1, 0.15) is 30.9 Å². The predicted molar refractivity (Wildman–Crippen MR) is 79.7 cm³/mol. The first-order valence-corrected chi connectivity index (χ1v) is 7.33. The van der Waals surface area contributed by atoms with E-state index < -0.39 is 0 Å². The third-order valence-corrected chi connectivity index (χ3v) is 4.04. The SMILES string of the molecule is CCN(Cc1cc(C)ccc1OC)C1CCNCC1. The van der Waals surface area contributed by atoms with E-state index in [9.17, 15) is 0 Å². The van der Waals surface area contributed by atoms with Crippen LogP contribution in [0.4, 0.5) is 0 Å². The van der Waals surface area contributed by atoms with E-state index in [1.165, 1.54) is 24.0 Å². The normalized spacial score (nSPS) is 16.8. The fourth-order valence-corrected chi connectivity index (χ4v) is 2.92. The van der Waals surface area contributed by atoms with E-state index in [0.29, 0.717) is 6.04 Å². The highest BCUT2D eigenvalue weighted by atomic mass is 16.5. The molecule has 1 aromatic rings. The lowest BCUT2D eigenvalue weighted by molar-refractivity contribution is 0.160. The summed E-state index contributed by atoms with van der Waals surface area (Å²) in [6.45, 7) is 8.78. The highest BCUT2D eigenvalue weighted by Gasteiger charge is 2.20. The van der Waals surface area contributed by atoms with Gasteiger partial charge in [-0.15, -0.1) is 0 Å². The molecule has 0 aliphatic carbocycles. The fraction of sp³-hybridized carbons (Fsp3) is 0.625. The molecule has 3 heteroatoms. The van der Waals surface area contributed by atoms with Crippen molar-refractivity contribution >= 4 is 0 Å². The molecule has 106 valence electrons. The van der Waals surface area contributed by atoms with Crippen LogP contribution in [-0.4, -0.2) is 37.7 Å². The Morgan fingerprint density at radius 3 is 2.68 bits per heavy atom. The molecule has 0 radical (unpaired) electrons. The lowest BCUT2D eigenvalue weighted by atomic mass is 10.0. The van der Waals surface area contributed by atoms with Gasteiger partial charge in [0.15, 0.2) is 0 Å². The second-order valence-corrected chi connectivity index (χ2v) is 5.36. The lowest BCUT2D eigenvalue weighted by Gasteiger charge is -2.34. The first-order chi connectivity index (χ1) is 9.24. The zero-order valence-corrected chi connectivity index (χ0v) is 12.4. The maximum atomic E-state index is 5.49. The highest BCUT2D eigenvalue weighted by molar-refractivity contribution is 5.36. The highest BCUT2D eigenvalue weighted by Crippen LogP contribution is 2.23. The van der Waals surface area contributed by atoms with E-state index in [1.807, 2.05) is 0 Å². The molecule has 0 amide bonds. The van der Waals surface area contributed by atoms with Crippen LogP contribution in [0.3, 0.4) is 0 Å². The van der Waals surface area contributed by atoms with Crippen molar-refractivity contribution in [2.24, 2.45) is 0 Å². The van der Waals surface area contributed by atoms with Crippen LogP contribution in [0, 0.1) is 6.92 Å². The van der Waals surface area contributed by atoms with Gasteiger partial charge >= 0.3 is 0 Å². The van der Waals surface area contributed by atoms with Crippen LogP contribution in [0.5, 0.6) is 5.75 Å². The van der Waals surface area contributed by atoms with Gasteiger partial charge in [0.25, 0.3) is 0 Å². The maximum absolute atomic E-state index is 5.49. The average Bonchev–Trinajstić information content (AvgIpc) is 2.46. The van der Waals surface area contributed by atoms with Gasteiger partial charge in [0.1, 0.15) is 5.75 Å². The molecule has 19 heavy (non-hydrogen) atoms. The van der Waals surface area contributed by atoms with Crippen LogP contribution >= 0.6 is 0 Å². The Labute approximate surface area is 116 Å². The molecule has 0 aromatic heterocycles. The number of benzene rings is 1. The van der Waals surface area contributed by atoms with Crippen molar-refractivity contribution in [3.05, 3.63) is 29.3 Å². The van der Waals surface area contributed by atoms with E-state index >= 15 is 0 Å². The number of ether oxygens (including phenoxy) is 1. The summed E-state index contributed by atoms with van der Waals surface area (Å²) in [6, 6.07) is 7.16. The predicted octanol–water partition coefficient (Wildman–Crippen LogP) is 2.58. The Morgan fingerprint density at radius 2 is 2.05 bits per heavy atom. The molecule has 0 unspecified atom stereocenters. The number of aryl methyl sites for hydroxylation is 1. The molecular formula is C16H26N2O. The fourth-order valence-electron chi connectivity index (χ4n) is 2.92. The van der Waals surface area contributed by atoms with Gasteiger partial charge in [0, 0.05) is 18.2 Å². The second-order valence-electron chi connectivity index (χ2n) is 5.36. The van der Waals surface area contributed by atoms with Crippen molar-refractivity contribution in [2.75, 3.05) is 26.7 Å². The molecule has 0 bridgehead atoms. The van der Waals surface area contributed by atoms with Crippen molar-refractivity contribution < 1.29 is 4.74 Å². The van der Waals surface area contributed by atoms with Crippen molar-refractivity contribution in [3.63, 3.8) is 0 Å². The summed E-state index contributed by atoms with van der Waals surface area (Å²) < 4.78 is 5.49. The van der Waals surface area contributed by atoms with Crippen molar-refractivity contribution in [1.29, 1.82) is 0 Å². The van der Waals surface area contributed by atoms with Crippen LogP contribution < -0.4 is 10.1 Å². The molecule has 1 heterocycles. The molecule has 0 saturated carbocycles. The van der Waals surface area contributed by atoms with Crippen molar-refractivity contribution in [1.82, 2.24) is 10.2 Å². The van der Waals surface area contributed by atoms with Gasteiger partial charge in [-0.05, 0) is 45.5 Å².